The van der Waals surface area contributed by atoms with Gasteiger partial charge in [0, 0.05) is 18.0 Å². The number of carbonyl (C=O) groups is 2. The van der Waals surface area contributed by atoms with Crippen LogP contribution in [0.2, 0.25) is 0 Å². The van der Waals surface area contributed by atoms with E-state index in [0.717, 1.165) is 15.6 Å². The van der Waals surface area contributed by atoms with Crippen molar-refractivity contribution in [2.45, 2.75) is 51.7 Å². The molecule has 0 spiro atoms. The first-order valence-electron chi connectivity index (χ1n) is 8.40. The van der Waals surface area contributed by atoms with Crippen LogP contribution in [0.25, 0.3) is 11.4 Å². The summed E-state index contributed by atoms with van der Waals surface area (Å²) in [7, 11) is 0. The summed E-state index contributed by atoms with van der Waals surface area (Å²) < 4.78 is 6.56. The quantitative estimate of drug-likeness (QED) is 0.691. The van der Waals surface area contributed by atoms with Gasteiger partial charge in [-0.2, -0.15) is 0 Å². The van der Waals surface area contributed by atoms with Gasteiger partial charge in [-0.05, 0) is 67.7 Å². The summed E-state index contributed by atoms with van der Waals surface area (Å²) in [6, 6.07) is 5.63. The second kappa shape index (κ2) is 6.35. The number of nitrogens with zero attached hydrogens (tertiary/aromatic N) is 2. The first-order valence-corrected chi connectivity index (χ1v) is 9.19. The Balaban J connectivity index is 2.13. The molecule has 0 saturated carbocycles. The molecule has 0 aliphatic carbocycles. The van der Waals surface area contributed by atoms with E-state index in [1.807, 2.05) is 25.1 Å². The molecule has 1 aromatic heterocycles. The third kappa shape index (κ3) is 3.23. The molecular formula is C20H21BrN2O3. The van der Waals surface area contributed by atoms with Gasteiger partial charge in [-0.25, -0.2) is 9.97 Å². The van der Waals surface area contributed by atoms with Crippen molar-refractivity contribution in [2.75, 3.05) is 0 Å². The van der Waals surface area contributed by atoms with Crippen LogP contribution >= 0.6 is 15.9 Å². The molecule has 1 saturated heterocycles. The zero-order valence-corrected chi connectivity index (χ0v) is 17.0. The number of aryl methyl sites for hydroxylation is 1. The molecule has 2 aromatic rings. The van der Waals surface area contributed by atoms with Crippen molar-refractivity contribution in [2.24, 2.45) is 0 Å². The molecule has 0 bridgehead atoms. The second-order valence-electron chi connectivity index (χ2n) is 7.58. The lowest BCUT2D eigenvalue weighted by Gasteiger charge is -2.43. The van der Waals surface area contributed by atoms with E-state index in [2.05, 4.69) is 25.9 Å². The van der Waals surface area contributed by atoms with Crippen molar-refractivity contribution >= 4 is 27.5 Å². The van der Waals surface area contributed by atoms with Gasteiger partial charge in [-0.3, -0.25) is 9.59 Å². The van der Waals surface area contributed by atoms with Crippen LogP contribution in [0.15, 0.2) is 35.1 Å². The monoisotopic (exact) mass is 416 g/mol. The fourth-order valence-corrected chi connectivity index (χ4v) is 3.59. The topological polar surface area (TPSA) is 69.2 Å². The molecule has 26 heavy (non-hydrogen) atoms. The Labute approximate surface area is 161 Å². The fourth-order valence-electron chi connectivity index (χ4n) is 3.39. The molecule has 1 fully saturated rings. The van der Waals surface area contributed by atoms with Crippen molar-refractivity contribution in [3.63, 3.8) is 0 Å². The number of aromatic nitrogens is 2. The maximum absolute atomic E-state index is 13.0. The van der Waals surface area contributed by atoms with Gasteiger partial charge in [0.05, 0.1) is 4.47 Å². The number of ketones is 2. The SMILES string of the molecule is Cc1ccc(-c2ncc(Br)cn2)cc1C1C(=O)C(C)(C)OC(C)(C)C1=O. The van der Waals surface area contributed by atoms with E-state index < -0.39 is 17.1 Å². The van der Waals surface area contributed by atoms with Crippen molar-refractivity contribution in [1.82, 2.24) is 9.97 Å². The van der Waals surface area contributed by atoms with E-state index >= 15 is 0 Å². The van der Waals surface area contributed by atoms with Crippen LogP contribution in [0, 0.1) is 6.92 Å². The Morgan fingerprint density at radius 3 is 2.08 bits per heavy atom. The Hall–Kier alpha value is -1.92. The molecule has 5 nitrogen and oxygen atoms in total. The Morgan fingerprint density at radius 1 is 1.00 bits per heavy atom. The van der Waals surface area contributed by atoms with E-state index in [4.69, 9.17) is 4.74 Å². The third-order valence-electron chi connectivity index (χ3n) is 4.69. The predicted molar refractivity (Wildman–Crippen MR) is 102 cm³/mol. The van der Waals surface area contributed by atoms with E-state index in [9.17, 15) is 9.59 Å². The standard InChI is InChI=1S/C20H21BrN2O3/c1-11-6-7-12(18-22-9-13(21)10-23-18)8-14(11)15-16(24)19(2,3)26-20(4,5)17(15)25/h6-10,15H,1-5H3. The van der Waals surface area contributed by atoms with Crippen molar-refractivity contribution in [3.05, 3.63) is 46.2 Å². The van der Waals surface area contributed by atoms with Crippen molar-refractivity contribution in [1.29, 1.82) is 0 Å². The largest absolute Gasteiger partial charge is 0.354 e. The summed E-state index contributed by atoms with van der Waals surface area (Å²) in [5, 5.41) is 0. The zero-order chi connectivity index (χ0) is 19.3. The Kier molecular flexibility index (Phi) is 4.61. The first kappa shape index (κ1) is 18.9. The molecule has 6 heteroatoms. The lowest BCUT2D eigenvalue weighted by molar-refractivity contribution is -0.184. The van der Waals surface area contributed by atoms with Crippen LogP contribution in [0.1, 0.15) is 44.7 Å². The van der Waals surface area contributed by atoms with Gasteiger partial charge in [0.1, 0.15) is 17.1 Å². The number of hydrogen-bond acceptors (Lipinski definition) is 5. The minimum atomic E-state index is -1.03. The lowest BCUT2D eigenvalue weighted by Crippen LogP contribution is -2.58. The molecule has 136 valence electrons. The molecule has 0 amide bonds. The summed E-state index contributed by atoms with van der Waals surface area (Å²) in [6.07, 6.45) is 3.33. The maximum Gasteiger partial charge on any atom is 0.179 e. The molecular weight excluding hydrogens is 396 g/mol. The molecule has 1 aliphatic rings. The van der Waals surface area contributed by atoms with Gasteiger partial charge < -0.3 is 4.74 Å². The summed E-state index contributed by atoms with van der Waals surface area (Å²) in [6.45, 7) is 8.76. The van der Waals surface area contributed by atoms with Crippen LogP contribution in [0.3, 0.4) is 0 Å². The summed E-state index contributed by atoms with van der Waals surface area (Å²) >= 11 is 3.32. The molecule has 0 atom stereocenters. The van der Waals surface area contributed by atoms with Crippen molar-refractivity contribution < 1.29 is 14.3 Å². The van der Waals surface area contributed by atoms with Crippen LogP contribution in [0.4, 0.5) is 0 Å². The number of benzene rings is 1. The highest BCUT2D eigenvalue weighted by Crippen LogP contribution is 2.40. The molecule has 2 heterocycles. The normalized spacial score (nSPS) is 19.6. The van der Waals surface area contributed by atoms with Gasteiger partial charge in [0.25, 0.3) is 0 Å². The van der Waals surface area contributed by atoms with Gasteiger partial charge in [-0.15, -0.1) is 0 Å². The number of halogens is 1. The van der Waals surface area contributed by atoms with Crippen LogP contribution in [-0.2, 0) is 14.3 Å². The average molecular weight is 417 g/mol. The van der Waals surface area contributed by atoms with E-state index in [1.54, 1.807) is 40.1 Å². The Morgan fingerprint density at radius 2 is 1.54 bits per heavy atom. The third-order valence-corrected chi connectivity index (χ3v) is 5.10. The molecule has 0 N–H and O–H groups in total. The highest BCUT2D eigenvalue weighted by atomic mass is 79.9. The minimum Gasteiger partial charge on any atom is -0.354 e. The predicted octanol–water partition coefficient (Wildman–Crippen LogP) is 4.02. The van der Waals surface area contributed by atoms with Crippen LogP contribution in [0.5, 0.6) is 0 Å². The fraction of sp³-hybridized carbons (Fsp3) is 0.400. The highest BCUT2D eigenvalue weighted by Gasteiger charge is 2.53. The van der Waals surface area contributed by atoms with Gasteiger partial charge in [0.15, 0.2) is 17.4 Å². The first-order chi connectivity index (χ1) is 12.0. The average Bonchev–Trinajstić information content (AvgIpc) is 2.55. The number of rotatable bonds is 2. The molecule has 0 radical (unpaired) electrons. The smallest absolute Gasteiger partial charge is 0.179 e. The summed E-state index contributed by atoms with van der Waals surface area (Å²) in [5.74, 6) is -0.762. The summed E-state index contributed by atoms with van der Waals surface area (Å²) in [5.41, 5.74) is 0.275. The van der Waals surface area contributed by atoms with Crippen LogP contribution in [-0.4, -0.2) is 32.7 Å². The highest BCUT2D eigenvalue weighted by molar-refractivity contribution is 9.10. The number of ether oxygens (including phenoxy) is 1. The van der Waals surface area contributed by atoms with Gasteiger partial charge in [0.2, 0.25) is 0 Å². The minimum absolute atomic E-state index is 0.223. The van der Waals surface area contributed by atoms with Gasteiger partial charge in [-0.1, -0.05) is 12.1 Å². The lowest BCUT2D eigenvalue weighted by atomic mass is 9.74. The van der Waals surface area contributed by atoms with Crippen LogP contribution < -0.4 is 0 Å². The summed E-state index contributed by atoms with van der Waals surface area (Å²) in [4.78, 5) is 34.6. The number of hydrogen-bond donors (Lipinski definition) is 0. The number of carbonyl (C=O) groups excluding carboxylic acids is 2. The molecule has 1 aliphatic heterocycles. The van der Waals surface area contributed by atoms with E-state index in [-0.39, 0.29) is 11.6 Å². The molecule has 0 unspecified atom stereocenters. The zero-order valence-electron chi connectivity index (χ0n) is 15.5. The van der Waals surface area contributed by atoms with Crippen molar-refractivity contribution in [3.8, 4) is 11.4 Å². The molecule has 3 rings (SSSR count). The van der Waals surface area contributed by atoms with E-state index in [1.165, 1.54) is 0 Å². The Bertz CT molecular complexity index is 862. The van der Waals surface area contributed by atoms with E-state index in [0.29, 0.717) is 11.4 Å². The second-order valence-corrected chi connectivity index (χ2v) is 8.50. The molecule has 1 aromatic carbocycles. The van der Waals surface area contributed by atoms with Gasteiger partial charge >= 0.3 is 0 Å². The number of Topliss-reactive ketones (excluding diaryl/α,β-unsaturated/α-hetero) is 2. The maximum atomic E-state index is 13.0.